The lowest BCUT2D eigenvalue weighted by molar-refractivity contribution is -0.144. The van der Waals surface area contributed by atoms with E-state index in [1.54, 1.807) is 29.2 Å². The second-order valence-electron chi connectivity index (χ2n) is 6.32. The van der Waals surface area contributed by atoms with Gasteiger partial charge in [-0.2, -0.15) is 5.10 Å². The van der Waals surface area contributed by atoms with Crippen LogP contribution in [0.4, 0.5) is 0 Å². The molecule has 1 aliphatic rings. The molecule has 3 rings (SSSR count). The molecule has 1 fully saturated rings. The number of likely N-dealkylation sites (tertiary alicyclic amines) is 1. The molecule has 1 aromatic carbocycles. The molecule has 126 valence electrons. The summed E-state index contributed by atoms with van der Waals surface area (Å²) in [5.74, 6) is -0.861. The van der Waals surface area contributed by atoms with Crippen LogP contribution in [0, 0.1) is 12.8 Å². The highest BCUT2D eigenvalue weighted by Gasteiger charge is 2.35. The second-order valence-corrected chi connectivity index (χ2v) is 6.32. The Kier molecular flexibility index (Phi) is 4.33. The third-order valence-electron chi connectivity index (χ3n) is 4.52. The van der Waals surface area contributed by atoms with E-state index >= 15 is 0 Å². The van der Waals surface area contributed by atoms with Gasteiger partial charge in [0.15, 0.2) is 0 Å². The van der Waals surface area contributed by atoms with Gasteiger partial charge in [0.25, 0.3) is 5.91 Å². The maximum absolute atomic E-state index is 12.8. The number of amides is 1. The molecule has 7 heteroatoms. The van der Waals surface area contributed by atoms with Gasteiger partial charge in [-0.15, -0.1) is 0 Å². The largest absolute Gasteiger partial charge is 0.480 e. The van der Waals surface area contributed by atoms with Crippen LogP contribution in [0.25, 0.3) is 5.69 Å². The normalized spacial score (nSPS) is 20.8. The Hall–Kier alpha value is -2.70. The average Bonchev–Trinajstić information content (AvgIpc) is 3.08. The predicted molar refractivity (Wildman–Crippen MR) is 87.0 cm³/mol. The number of rotatable bonds is 3. The van der Waals surface area contributed by atoms with Gasteiger partial charge in [0.2, 0.25) is 0 Å². The molecule has 7 nitrogen and oxygen atoms in total. The predicted octanol–water partition coefficient (Wildman–Crippen LogP) is 1.90. The smallest absolute Gasteiger partial charge is 0.326 e. The van der Waals surface area contributed by atoms with E-state index in [4.69, 9.17) is 0 Å². The summed E-state index contributed by atoms with van der Waals surface area (Å²) in [5, 5.41) is 13.5. The highest BCUT2D eigenvalue weighted by Crippen LogP contribution is 2.25. The maximum Gasteiger partial charge on any atom is 0.326 e. The topological polar surface area (TPSA) is 88.3 Å². The fraction of sp³-hybridized carbons (Fsp3) is 0.412. The van der Waals surface area contributed by atoms with E-state index in [1.807, 2.05) is 13.8 Å². The lowest BCUT2D eigenvalue weighted by Crippen LogP contribution is -2.49. The zero-order valence-electron chi connectivity index (χ0n) is 13.7. The van der Waals surface area contributed by atoms with Crippen molar-refractivity contribution in [3.05, 3.63) is 42.0 Å². The molecular formula is C17H20N4O3. The van der Waals surface area contributed by atoms with Gasteiger partial charge >= 0.3 is 5.97 Å². The number of carboxylic acids is 1. The lowest BCUT2D eigenvalue weighted by Gasteiger charge is -2.36. The molecule has 0 bridgehead atoms. The number of carbonyl (C=O) groups is 2. The van der Waals surface area contributed by atoms with Crippen molar-refractivity contribution < 1.29 is 14.7 Å². The maximum atomic E-state index is 12.8. The minimum atomic E-state index is -0.939. The summed E-state index contributed by atoms with van der Waals surface area (Å²) in [5.41, 5.74) is 2.21. The van der Waals surface area contributed by atoms with E-state index in [9.17, 15) is 14.7 Å². The fourth-order valence-corrected chi connectivity index (χ4v) is 3.16. The van der Waals surface area contributed by atoms with Crippen molar-refractivity contribution in [1.82, 2.24) is 19.7 Å². The van der Waals surface area contributed by atoms with E-state index in [0.29, 0.717) is 24.4 Å². The molecule has 0 saturated carbocycles. The molecule has 2 unspecified atom stereocenters. The van der Waals surface area contributed by atoms with Crippen molar-refractivity contribution in [3.8, 4) is 5.69 Å². The summed E-state index contributed by atoms with van der Waals surface area (Å²) in [6.45, 7) is 4.39. The van der Waals surface area contributed by atoms with Crippen LogP contribution in [0.5, 0.6) is 0 Å². The van der Waals surface area contributed by atoms with Gasteiger partial charge in [0.1, 0.15) is 18.7 Å². The molecule has 24 heavy (non-hydrogen) atoms. The first-order chi connectivity index (χ1) is 11.5. The Morgan fingerprint density at radius 3 is 2.75 bits per heavy atom. The fourth-order valence-electron chi connectivity index (χ4n) is 3.16. The first-order valence-electron chi connectivity index (χ1n) is 7.97. The van der Waals surface area contributed by atoms with Crippen LogP contribution in [0.15, 0.2) is 30.9 Å². The number of benzene rings is 1. The number of piperidine rings is 1. The summed E-state index contributed by atoms with van der Waals surface area (Å²) in [6.07, 6.45) is 4.36. The molecule has 1 N–H and O–H groups in total. The van der Waals surface area contributed by atoms with Gasteiger partial charge in [0.05, 0.1) is 5.69 Å². The first-order valence-corrected chi connectivity index (χ1v) is 7.97. The van der Waals surface area contributed by atoms with E-state index in [2.05, 4.69) is 10.1 Å². The number of aryl methyl sites for hydroxylation is 1. The van der Waals surface area contributed by atoms with Crippen LogP contribution in [0.2, 0.25) is 0 Å². The molecule has 1 saturated heterocycles. The van der Waals surface area contributed by atoms with Crippen molar-refractivity contribution in [2.24, 2.45) is 5.92 Å². The van der Waals surface area contributed by atoms with Crippen LogP contribution in [-0.2, 0) is 4.79 Å². The van der Waals surface area contributed by atoms with Crippen LogP contribution >= 0.6 is 0 Å². The lowest BCUT2D eigenvalue weighted by atomic mass is 9.91. The van der Waals surface area contributed by atoms with Gasteiger partial charge in [-0.1, -0.05) is 6.92 Å². The number of carbonyl (C=O) groups excluding carboxylic acids is 1. The SMILES string of the molecule is Cc1cc(C(=O)N2CCC(C)CC2C(=O)O)ccc1-n1cncn1. The molecule has 0 radical (unpaired) electrons. The van der Waals surface area contributed by atoms with Crippen molar-refractivity contribution in [2.45, 2.75) is 32.7 Å². The number of aromatic nitrogens is 3. The highest BCUT2D eigenvalue weighted by molar-refractivity contribution is 5.97. The molecular weight excluding hydrogens is 308 g/mol. The van der Waals surface area contributed by atoms with Crippen molar-refractivity contribution >= 4 is 11.9 Å². The van der Waals surface area contributed by atoms with Crippen molar-refractivity contribution in [1.29, 1.82) is 0 Å². The van der Waals surface area contributed by atoms with Crippen LogP contribution in [0.1, 0.15) is 35.7 Å². The third kappa shape index (κ3) is 3.02. The molecule has 1 aromatic heterocycles. The Bertz CT molecular complexity index is 757. The zero-order chi connectivity index (χ0) is 17.3. The van der Waals surface area contributed by atoms with Crippen LogP contribution < -0.4 is 0 Å². The van der Waals surface area contributed by atoms with Gasteiger partial charge in [0, 0.05) is 12.1 Å². The summed E-state index contributed by atoms with van der Waals surface area (Å²) in [7, 11) is 0. The number of nitrogens with zero attached hydrogens (tertiary/aromatic N) is 4. The van der Waals surface area contributed by atoms with E-state index in [1.165, 1.54) is 11.2 Å². The molecule has 0 spiro atoms. The van der Waals surface area contributed by atoms with Gasteiger partial charge in [-0.25, -0.2) is 14.5 Å². The number of hydrogen-bond donors (Lipinski definition) is 1. The monoisotopic (exact) mass is 328 g/mol. The minimum absolute atomic E-state index is 0.234. The molecule has 2 heterocycles. The second kappa shape index (κ2) is 6.43. The standard InChI is InChI=1S/C17H20N4O3/c1-11-5-6-20(15(7-11)17(23)24)16(22)13-3-4-14(12(2)8-13)21-10-18-9-19-21/h3-4,8-11,15H,5-7H2,1-2H3,(H,23,24). The zero-order valence-corrected chi connectivity index (χ0v) is 13.7. The molecule has 0 aliphatic carbocycles. The summed E-state index contributed by atoms with van der Waals surface area (Å²) < 4.78 is 1.63. The molecule has 1 aliphatic heterocycles. The highest BCUT2D eigenvalue weighted by atomic mass is 16.4. The summed E-state index contributed by atoms with van der Waals surface area (Å²) in [6, 6.07) is 4.54. The van der Waals surface area contributed by atoms with Gasteiger partial charge in [-0.3, -0.25) is 4.79 Å². The van der Waals surface area contributed by atoms with E-state index < -0.39 is 12.0 Å². The summed E-state index contributed by atoms with van der Waals surface area (Å²) in [4.78, 5) is 29.7. The van der Waals surface area contributed by atoms with Crippen LogP contribution in [-0.4, -0.2) is 49.2 Å². The van der Waals surface area contributed by atoms with Gasteiger partial charge < -0.3 is 10.0 Å². The Morgan fingerprint density at radius 2 is 2.12 bits per heavy atom. The number of hydrogen-bond acceptors (Lipinski definition) is 4. The van der Waals surface area contributed by atoms with Crippen LogP contribution in [0.3, 0.4) is 0 Å². The number of carboxylic acid groups (broad SMARTS) is 1. The molecule has 1 amide bonds. The van der Waals surface area contributed by atoms with E-state index in [-0.39, 0.29) is 5.91 Å². The minimum Gasteiger partial charge on any atom is -0.480 e. The van der Waals surface area contributed by atoms with E-state index in [0.717, 1.165) is 17.7 Å². The summed E-state index contributed by atoms with van der Waals surface area (Å²) >= 11 is 0. The number of aliphatic carboxylic acids is 1. The average molecular weight is 328 g/mol. The molecule has 2 aromatic rings. The first kappa shape index (κ1) is 16.2. The quantitative estimate of drug-likeness (QED) is 0.929. The Labute approximate surface area is 139 Å². The molecule has 2 atom stereocenters. The van der Waals surface area contributed by atoms with Gasteiger partial charge in [-0.05, 0) is 49.4 Å². The Balaban J connectivity index is 1.87. The Morgan fingerprint density at radius 1 is 1.33 bits per heavy atom. The van der Waals surface area contributed by atoms with Crippen molar-refractivity contribution in [2.75, 3.05) is 6.54 Å². The third-order valence-corrected chi connectivity index (χ3v) is 4.52. The van der Waals surface area contributed by atoms with Crippen molar-refractivity contribution in [3.63, 3.8) is 0 Å².